The molecule has 0 saturated carbocycles. The summed E-state index contributed by atoms with van der Waals surface area (Å²) in [7, 11) is 0. The van der Waals surface area contributed by atoms with Gasteiger partial charge in [-0.15, -0.1) is 0 Å². The lowest BCUT2D eigenvalue weighted by atomic mass is 9.67. The predicted molar refractivity (Wildman–Crippen MR) is 89.9 cm³/mol. The highest BCUT2D eigenvalue weighted by atomic mass is 35.5. The molecule has 134 valence electrons. The number of fused-ring (bicyclic) bond motifs is 2. The summed E-state index contributed by atoms with van der Waals surface area (Å²) in [6.07, 6.45) is 0.114. The van der Waals surface area contributed by atoms with Crippen LogP contribution in [-0.4, -0.2) is 16.9 Å². The maximum atomic E-state index is 14.5. The average Bonchev–Trinajstić information content (AvgIpc) is 2.86. The van der Waals surface area contributed by atoms with E-state index < -0.39 is 46.2 Å². The number of nitrogens with one attached hydrogen (secondary N) is 2. The van der Waals surface area contributed by atoms with Crippen LogP contribution in [0.1, 0.15) is 30.0 Å². The van der Waals surface area contributed by atoms with Crippen molar-refractivity contribution in [3.8, 4) is 5.75 Å². The number of hydrogen-bond donors (Lipinski definition) is 3. The van der Waals surface area contributed by atoms with Crippen LogP contribution in [0.4, 0.5) is 14.5 Å². The molecule has 0 aliphatic carbocycles. The van der Waals surface area contributed by atoms with Gasteiger partial charge < -0.3 is 15.7 Å². The van der Waals surface area contributed by atoms with E-state index in [1.807, 2.05) is 0 Å². The van der Waals surface area contributed by atoms with Crippen LogP contribution in [0.5, 0.6) is 5.75 Å². The molecule has 2 amide bonds. The Balaban J connectivity index is 1.98. The van der Waals surface area contributed by atoms with Gasteiger partial charge in [0.2, 0.25) is 11.8 Å². The van der Waals surface area contributed by atoms with Crippen LogP contribution >= 0.6 is 11.6 Å². The lowest BCUT2D eigenvalue weighted by molar-refractivity contribution is -0.130. The molecule has 0 bridgehead atoms. The Labute approximate surface area is 152 Å². The SMILES string of the molecule is O=C1CC[C@]2(C(=O)Nc3cc(Cl)ccc32)[C@@H](c2c(O)ccc(F)c2F)N1. The fourth-order valence-electron chi connectivity index (χ4n) is 3.86. The number of rotatable bonds is 1. The zero-order valence-electron chi connectivity index (χ0n) is 13.3. The van der Waals surface area contributed by atoms with Gasteiger partial charge >= 0.3 is 0 Å². The Kier molecular flexibility index (Phi) is 3.66. The fraction of sp³-hybridized carbons (Fsp3) is 0.222. The van der Waals surface area contributed by atoms with Gasteiger partial charge in [0.1, 0.15) is 11.2 Å². The van der Waals surface area contributed by atoms with Gasteiger partial charge in [-0.1, -0.05) is 17.7 Å². The molecule has 1 fully saturated rings. The van der Waals surface area contributed by atoms with Crippen LogP contribution in [0.3, 0.4) is 0 Å². The van der Waals surface area contributed by atoms with Crippen molar-refractivity contribution < 1.29 is 23.5 Å². The van der Waals surface area contributed by atoms with Crippen LogP contribution < -0.4 is 10.6 Å². The Morgan fingerprint density at radius 2 is 1.96 bits per heavy atom. The van der Waals surface area contributed by atoms with Gasteiger partial charge in [-0.25, -0.2) is 8.78 Å². The Morgan fingerprint density at radius 3 is 2.73 bits per heavy atom. The summed E-state index contributed by atoms with van der Waals surface area (Å²) in [5, 5.41) is 15.8. The van der Waals surface area contributed by atoms with E-state index in [9.17, 15) is 23.5 Å². The normalized spacial score (nSPS) is 24.3. The molecule has 2 aliphatic heterocycles. The summed E-state index contributed by atoms with van der Waals surface area (Å²) in [5.41, 5.74) is -0.865. The first-order chi connectivity index (χ1) is 12.3. The molecule has 26 heavy (non-hydrogen) atoms. The van der Waals surface area contributed by atoms with Gasteiger partial charge in [0.15, 0.2) is 11.6 Å². The zero-order chi connectivity index (χ0) is 18.6. The number of phenols is 1. The number of carbonyl (C=O) groups excluding carboxylic acids is 2. The Hall–Kier alpha value is -2.67. The number of anilines is 1. The smallest absolute Gasteiger partial charge is 0.237 e. The first kappa shape index (κ1) is 16.8. The van der Waals surface area contributed by atoms with E-state index in [1.165, 1.54) is 0 Å². The van der Waals surface area contributed by atoms with Crippen LogP contribution in [0, 0.1) is 11.6 Å². The van der Waals surface area contributed by atoms with Crippen molar-refractivity contribution >= 4 is 29.1 Å². The molecule has 0 unspecified atom stereocenters. The van der Waals surface area contributed by atoms with Gasteiger partial charge in [0.05, 0.1) is 11.6 Å². The van der Waals surface area contributed by atoms with Crippen LogP contribution in [0.15, 0.2) is 30.3 Å². The standard InChI is InChI=1S/C18H13ClF2N2O3/c19-8-1-2-9-11(7-8)22-17(26)18(9)6-5-13(25)23-16(18)14-12(24)4-3-10(20)15(14)21/h1-4,7,16,24H,5-6H2,(H,22,26)(H,23,25)/t16-,18-/m1/s1. The van der Waals surface area contributed by atoms with Crippen molar-refractivity contribution in [2.24, 2.45) is 0 Å². The van der Waals surface area contributed by atoms with Gasteiger partial charge in [0, 0.05) is 17.1 Å². The van der Waals surface area contributed by atoms with E-state index in [0.717, 1.165) is 12.1 Å². The number of aromatic hydroxyl groups is 1. The molecule has 2 heterocycles. The molecule has 1 spiro atoms. The molecule has 4 rings (SSSR count). The van der Waals surface area contributed by atoms with Gasteiger partial charge in [-0.2, -0.15) is 0 Å². The predicted octanol–water partition coefficient (Wildman–Crippen LogP) is 3.17. The van der Waals surface area contributed by atoms with Crippen LogP contribution in [0.2, 0.25) is 5.02 Å². The van der Waals surface area contributed by atoms with E-state index in [1.54, 1.807) is 18.2 Å². The zero-order valence-corrected chi connectivity index (χ0v) is 14.0. The molecule has 2 aromatic carbocycles. The third-order valence-corrected chi connectivity index (χ3v) is 5.29. The third-order valence-electron chi connectivity index (χ3n) is 5.06. The molecule has 5 nitrogen and oxygen atoms in total. The minimum atomic E-state index is -1.38. The van der Waals surface area contributed by atoms with E-state index in [-0.39, 0.29) is 12.8 Å². The molecule has 2 aromatic rings. The number of halogens is 3. The Bertz CT molecular complexity index is 966. The number of phenolic OH excluding ortho intramolecular Hbond substituents is 1. The van der Waals surface area contributed by atoms with Crippen LogP contribution in [0.25, 0.3) is 0 Å². The van der Waals surface area contributed by atoms with E-state index in [4.69, 9.17) is 11.6 Å². The van der Waals surface area contributed by atoms with Gasteiger partial charge in [0.25, 0.3) is 0 Å². The highest BCUT2D eigenvalue weighted by molar-refractivity contribution is 6.31. The highest BCUT2D eigenvalue weighted by Crippen LogP contribution is 2.53. The molecule has 2 atom stereocenters. The van der Waals surface area contributed by atoms with Crippen molar-refractivity contribution in [3.63, 3.8) is 0 Å². The number of piperidine rings is 1. The molecular formula is C18H13ClF2N2O3. The van der Waals surface area contributed by atoms with Gasteiger partial charge in [-0.3, -0.25) is 9.59 Å². The quantitative estimate of drug-likeness (QED) is 0.713. The molecule has 2 aliphatic rings. The minimum Gasteiger partial charge on any atom is -0.507 e. The molecule has 1 saturated heterocycles. The van der Waals surface area contributed by atoms with E-state index in [2.05, 4.69) is 10.6 Å². The number of amides is 2. The van der Waals surface area contributed by atoms with Gasteiger partial charge in [-0.05, 0) is 36.2 Å². The average molecular weight is 379 g/mol. The summed E-state index contributed by atoms with van der Waals surface area (Å²) in [6, 6.07) is 5.28. The number of hydrogen-bond acceptors (Lipinski definition) is 3. The molecule has 0 aromatic heterocycles. The fourth-order valence-corrected chi connectivity index (χ4v) is 4.03. The second-order valence-electron chi connectivity index (χ2n) is 6.41. The third kappa shape index (κ3) is 2.20. The van der Waals surface area contributed by atoms with Crippen LogP contribution in [-0.2, 0) is 15.0 Å². The summed E-state index contributed by atoms with van der Waals surface area (Å²) < 4.78 is 28.4. The van der Waals surface area contributed by atoms with Crippen molar-refractivity contribution in [2.45, 2.75) is 24.3 Å². The second kappa shape index (κ2) is 5.67. The molecule has 3 N–H and O–H groups in total. The summed E-state index contributed by atoms with van der Waals surface area (Å²) >= 11 is 5.98. The summed E-state index contributed by atoms with van der Waals surface area (Å²) in [5.74, 6) is -3.90. The van der Waals surface area contributed by atoms with Crippen molar-refractivity contribution in [3.05, 3.63) is 58.1 Å². The molecule has 0 radical (unpaired) electrons. The lowest BCUT2D eigenvalue weighted by Gasteiger charge is -2.40. The number of carbonyl (C=O) groups is 2. The summed E-state index contributed by atoms with van der Waals surface area (Å²) in [6.45, 7) is 0. The summed E-state index contributed by atoms with van der Waals surface area (Å²) in [4.78, 5) is 24.9. The first-order valence-corrected chi connectivity index (χ1v) is 8.30. The second-order valence-corrected chi connectivity index (χ2v) is 6.85. The first-order valence-electron chi connectivity index (χ1n) is 7.92. The maximum absolute atomic E-state index is 14.5. The largest absolute Gasteiger partial charge is 0.507 e. The molecule has 8 heteroatoms. The van der Waals surface area contributed by atoms with Crippen molar-refractivity contribution in [1.29, 1.82) is 0 Å². The maximum Gasteiger partial charge on any atom is 0.237 e. The van der Waals surface area contributed by atoms with Crippen molar-refractivity contribution in [1.82, 2.24) is 5.32 Å². The molecular weight excluding hydrogens is 366 g/mol. The monoisotopic (exact) mass is 378 g/mol. The Morgan fingerprint density at radius 1 is 1.19 bits per heavy atom. The minimum absolute atomic E-state index is 0.0314. The van der Waals surface area contributed by atoms with E-state index >= 15 is 0 Å². The topological polar surface area (TPSA) is 78.4 Å². The van der Waals surface area contributed by atoms with E-state index in [0.29, 0.717) is 16.3 Å². The lowest BCUT2D eigenvalue weighted by Crippen LogP contribution is -2.53. The van der Waals surface area contributed by atoms with Crippen molar-refractivity contribution in [2.75, 3.05) is 5.32 Å². The number of benzene rings is 2. The highest BCUT2D eigenvalue weighted by Gasteiger charge is 2.56.